The molecule has 2 atom stereocenters. The van der Waals surface area contributed by atoms with Crippen molar-refractivity contribution in [3.05, 3.63) is 71.3 Å². The number of hydrogen-bond donors (Lipinski definition) is 2. The highest BCUT2D eigenvalue weighted by atomic mass is 16.2. The van der Waals surface area contributed by atoms with Crippen molar-refractivity contribution in [1.29, 1.82) is 5.26 Å². The van der Waals surface area contributed by atoms with Gasteiger partial charge in [0.15, 0.2) is 0 Å². The molecule has 34 heavy (non-hydrogen) atoms. The third kappa shape index (κ3) is 4.91. The Morgan fingerprint density at radius 2 is 1.68 bits per heavy atom. The third-order valence-corrected chi connectivity index (χ3v) is 6.11. The standard InChI is InChI=1S/C25H25N5O4/c26-15-17-8-10-19(11-9-17)24(33)29-13-14-30(25(34)18-5-2-1-3-6-18)21(16-29)23(32)28-20-7-4-12-27-22(20)31/h1-3,5-6,8-11,20-21H,4,7,12-14,16H2,(H,27,31)(H,28,32)/t20-,21+/m1/s1. The Labute approximate surface area is 197 Å². The van der Waals surface area contributed by atoms with Gasteiger partial charge in [-0.2, -0.15) is 5.26 Å². The molecule has 2 saturated heterocycles. The normalized spacial score (nSPS) is 20.1. The van der Waals surface area contributed by atoms with E-state index in [1.807, 2.05) is 6.07 Å². The average Bonchev–Trinajstić information content (AvgIpc) is 2.89. The lowest BCUT2D eigenvalue weighted by Crippen LogP contribution is -2.63. The number of hydrogen-bond acceptors (Lipinski definition) is 5. The quantitative estimate of drug-likeness (QED) is 0.704. The Morgan fingerprint density at radius 1 is 0.971 bits per heavy atom. The minimum absolute atomic E-state index is 0.00240. The minimum atomic E-state index is -0.946. The van der Waals surface area contributed by atoms with E-state index in [4.69, 9.17) is 5.26 Å². The van der Waals surface area contributed by atoms with E-state index in [1.54, 1.807) is 54.6 Å². The number of nitrogens with one attached hydrogen (secondary N) is 2. The van der Waals surface area contributed by atoms with Gasteiger partial charge in [0, 0.05) is 30.8 Å². The van der Waals surface area contributed by atoms with Crippen LogP contribution < -0.4 is 10.6 Å². The molecular weight excluding hydrogens is 434 g/mol. The summed E-state index contributed by atoms with van der Waals surface area (Å²) in [4.78, 5) is 54.8. The van der Waals surface area contributed by atoms with Crippen LogP contribution in [0, 0.1) is 11.3 Å². The topological polar surface area (TPSA) is 123 Å². The summed E-state index contributed by atoms with van der Waals surface area (Å²) in [5, 5.41) is 14.5. The van der Waals surface area contributed by atoms with Crippen molar-refractivity contribution in [3.8, 4) is 6.07 Å². The number of piperidine rings is 1. The first-order valence-electron chi connectivity index (χ1n) is 11.2. The molecule has 2 heterocycles. The van der Waals surface area contributed by atoms with Crippen LogP contribution in [0.3, 0.4) is 0 Å². The second kappa shape index (κ2) is 10.2. The summed E-state index contributed by atoms with van der Waals surface area (Å²) in [5.74, 6) is -1.31. The number of benzene rings is 2. The number of nitrogens with zero attached hydrogens (tertiary/aromatic N) is 3. The molecule has 4 amide bonds. The average molecular weight is 460 g/mol. The molecule has 2 aromatic carbocycles. The molecule has 2 aliphatic rings. The van der Waals surface area contributed by atoms with Crippen molar-refractivity contribution in [3.63, 3.8) is 0 Å². The van der Waals surface area contributed by atoms with E-state index >= 15 is 0 Å². The molecule has 0 spiro atoms. The predicted molar refractivity (Wildman–Crippen MR) is 123 cm³/mol. The fourth-order valence-electron chi connectivity index (χ4n) is 4.23. The fourth-order valence-corrected chi connectivity index (χ4v) is 4.23. The van der Waals surface area contributed by atoms with Crippen molar-refractivity contribution in [2.24, 2.45) is 0 Å². The van der Waals surface area contributed by atoms with Crippen LogP contribution in [0.25, 0.3) is 0 Å². The first kappa shape index (κ1) is 23.0. The first-order valence-corrected chi connectivity index (χ1v) is 11.2. The molecule has 0 bridgehead atoms. The van der Waals surface area contributed by atoms with E-state index in [9.17, 15) is 19.2 Å². The van der Waals surface area contributed by atoms with Crippen molar-refractivity contribution in [2.75, 3.05) is 26.2 Å². The van der Waals surface area contributed by atoms with Gasteiger partial charge in [-0.1, -0.05) is 18.2 Å². The van der Waals surface area contributed by atoms with Crippen molar-refractivity contribution in [2.45, 2.75) is 24.9 Å². The van der Waals surface area contributed by atoms with Crippen LogP contribution >= 0.6 is 0 Å². The van der Waals surface area contributed by atoms with Gasteiger partial charge >= 0.3 is 0 Å². The number of rotatable bonds is 4. The van der Waals surface area contributed by atoms with Crippen LogP contribution in [-0.4, -0.2) is 71.7 Å². The monoisotopic (exact) mass is 459 g/mol. The maximum Gasteiger partial charge on any atom is 0.254 e. The molecule has 0 aromatic heterocycles. The van der Waals surface area contributed by atoms with Crippen LogP contribution in [0.4, 0.5) is 0 Å². The largest absolute Gasteiger partial charge is 0.354 e. The van der Waals surface area contributed by atoms with Crippen LogP contribution in [-0.2, 0) is 9.59 Å². The van der Waals surface area contributed by atoms with Crippen LogP contribution in [0.2, 0.25) is 0 Å². The third-order valence-electron chi connectivity index (χ3n) is 6.11. The second-order valence-corrected chi connectivity index (χ2v) is 8.32. The molecule has 9 nitrogen and oxygen atoms in total. The molecule has 0 saturated carbocycles. The number of amides is 4. The molecule has 4 rings (SSSR count). The van der Waals surface area contributed by atoms with Gasteiger partial charge in [-0.05, 0) is 49.2 Å². The highest BCUT2D eigenvalue weighted by Gasteiger charge is 2.39. The Morgan fingerprint density at radius 3 is 2.35 bits per heavy atom. The van der Waals surface area contributed by atoms with Gasteiger partial charge in [0.2, 0.25) is 11.8 Å². The van der Waals surface area contributed by atoms with E-state index in [1.165, 1.54) is 9.80 Å². The van der Waals surface area contributed by atoms with Gasteiger partial charge in [0.25, 0.3) is 11.8 Å². The maximum absolute atomic E-state index is 13.3. The Bertz CT molecular complexity index is 1130. The zero-order valence-electron chi connectivity index (χ0n) is 18.6. The molecule has 2 aliphatic heterocycles. The molecule has 174 valence electrons. The van der Waals surface area contributed by atoms with Gasteiger partial charge in [-0.25, -0.2) is 0 Å². The SMILES string of the molecule is N#Cc1ccc(C(=O)N2CCN(C(=O)c3ccccc3)[C@H](C(=O)N[C@@H]3CCCNC3=O)C2)cc1. The number of nitriles is 1. The number of carbonyl (C=O) groups excluding carboxylic acids is 4. The lowest BCUT2D eigenvalue weighted by Gasteiger charge is -2.41. The number of piperazine rings is 1. The van der Waals surface area contributed by atoms with E-state index in [0.29, 0.717) is 29.7 Å². The summed E-state index contributed by atoms with van der Waals surface area (Å²) in [6.07, 6.45) is 1.27. The lowest BCUT2D eigenvalue weighted by molar-refractivity contribution is -0.133. The van der Waals surface area contributed by atoms with Gasteiger partial charge in [-0.15, -0.1) is 0 Å². The van der Waals surface area contributed by atoms with E-state index in [-0.39, 0.29) is 37.4 Å². The highest BCUT2D eigenvalue weighted by molar-refractivity contribution is 6.00. The van der Waals surface area contributed by atoms with Gasteiger partial charge in [0.1, 0.15) is 12.1 Å². The van der Waals surface area contributed by atoms with Crippen LogP contribution in [0.1, 0.15) is 39.1 Å². The molecule has 2 aromatic rings. The molecule has 0 radical (unpaired) electrons. The van der Waals surface area contributed by atoms with Gasteiger partial charge in [0.05, 0.1) is 18.2 Å². The molecule has 0 unspecified atom stereocenters. The van der Waals surface area contributed by atoms with Gasteiger partial charge < -0.3 is 20.4 Å². The van der Waals surface area contributed by atoms with Crippen LogP contribution in [0.5, 0.6) is 0 Å². The zero-order chi connectivity index (χ0) is 24.1. The molecular formula is C25H25N5O4. The molecule has 0 aliphatic carbocycles. The lowest BCUT2D eigenvalue weighted by atomic mass is 10.0. The molecule has 2 N–H and O–H groups in total. The number of carbonyl (C=O) groups is 4. The first-order chi connectivity index (χ1) is 16.5. The second-order valence-electron chi connectivity index (χ2n) is 8.32. The minimum Gasteiger partial charge on any atom is -0.354 e. The predicted octanol–water partition coefficient (Wildman–Crippen LogP) is 0.920. The Balaban J connectivity index is 1.56. The maximum atomic E-state index is 13.3. The van der Waals surface area contributed by atoms with Crippen molar-refractivity contribution < 1.29 is 19.2 Å². The summed E-state index contributed by atoms with van der Waals surface area (Å²) in [7, 11) is 0. The summed E-state index contributed by atoms with van der Waals surface area (Å²) >= 11 is 0. The summed E-state index contributed by atoms with van der Waals surface area (Å²) < 4.78 is 0. The van der Waals surface area contributed by atoms with Crippen molar-refractivity contribution in [1.82, 2.24) is 20.4 Å². The Kier molecular flexibility index (Phi) is 6.87. The van der Waals surface area contributed by atoms with E-state index < -0.39 is 18.0 Å². The zero-order valence-corrected chi connectivity index (χ0v) is 18.6. The van der Waals surface area contributed by atoms with E-state index in [2.05, 4.69) is 10.6 Å². The van der Waals surface area contributed by atoms with E-state index in [0.717, 1.165) is 6.42 Å². The summed E-state index contributed by atoms with van der Waals surface area (Å²) in [6.45, 7) is 0.994. The molecule has 2 fully saturated rings. The van der Waals surface area contributed by atoms with Crippen LogP contribution in [0.15, 0.2) is 54.6 Å². The van der Waals surface area contributed by atoms with Gasteiger partial charge in [-0.3, -0.25) is 19.2 Å². The fraction of sp³-hybridized carbons (Fsp3) is 0.320. The summed E-state index contributed by atoms with van der Waals surface area (Å²) in [5.41, 5.74) is 1.29. The smallest absolute Gasteiger partial charge is 0.254 e. The van der Waals surface area contributed by atoms with Crippen molar-refractivity contribution >= 4 is 23.6 Å². The molecule has 9 heteroatoms. The highest BCUT2D eigenvalue weighted by Crippen LogP contribution is 2.18. The Hall–Kier alpha value is -4.19. The summed E-state index contributed by atoms with van der Waals surface area (Å²) in [6, 6.07) is 15.3.